The van der Waals surface area contributed by atoms with Crippen LogP contribution in [-0.4, -0.2) is 40.7 Å². The number of hydrogen-bond acceptors (Lipinski definition) is 2. The van der Waals surface area contributed by atoms with Gasteiger partial charge in [0.2, 0.25) is 5.91 Å². The van der Waals surface area contributed by atoms with Crippen LogP contribution in [0.4, 0.5) is 0 Å². The molecule has 4 nitrogen and oxygen atoms in total. The van der Waals surface area contributed by atoms with Gasteiger partial charge in [-0.25, -0.2) is 0 Å². The molecule has 1 fully saturated rings. The Morgan fingerprint density at radius 2 is 1.90 bits per heavy atom. The Hall–Kier alpha value is -1.81. The summed E-state index contributed by atoms with van der Waals surface area (Å²) >= 11 is 0. The van der Waals surface area contributed by atoms with Gasteiger partial charge in [-0.3, -0.25) is 4.79 Å². The number of rotatable bonds is 2. The minimum absolute atomic E-state index is 0.115. The number of amides is 1. The molecule has 2 atom stereocenters. The van der Waals surface area contributed by atoms with Gasteiger partial charge in [0.25, 0.3) is 0 Å². The minimum Gasteiger partial charge on any atom is -0.372 e. The fraction of sp³-hybridized carbons (Fsp3) is 0.438. The molecule has 0 saturated carbocycles. The normalized spacial score (nSPS) is 23.2. The molecule has 20 heavy (non-hydrogen) atoms. The van der Waals surface area contributed by atoms with Gasteiger partial charge in [-0.2, -0.15) is 0 Å². The van der Waals surface area contributed by atoms with Crippen molar-refractivity contribution in [3.8, 4) is 0 Å². The second-order valence-electron chi connectivity index (χ2n) is 5.56. The van der Waals surface area contributed by atoms with Crippen LogP contribution in [0.25, 0.3) is 10.9 Å². The van der Waals surface area contributed by atoms with Crippen molar-refractivity contribution >= 4 is 16.8 Å². The summed E-state index contributed by atoms with van der Waals surface area (Å²) in [6.45, 7) is 5.79. The van der Waals surface area contributed by atoms with E-state index < -0.39 is 0 Å². The maximum atomic E-state index is 12.4. The molecule has 0 radical (unpaired) electrons. The van der Waals surface area contributed by atoms with Crippen molar-refractivity contribution in [2.45, 2.75) is 32.6 Å². The molecular formula is C16H20N2O2. The van der Waals surface area contributed by atoms with E-state index in [4.69, 9.17) is 4.74 Å². The SMILES string of the molecule is CC1CN(C(=O)Cn2ccc3ccccc32)CC(C)O1. The Morgan fingerprint density at radius 1 is 1.20 bits per heavy atom. The van der Waals surface area contributed by atoms with Gasteiger partial charge in [0.15, 0.2) is 0 Å². The number of nitrogens with zero attached hydrogens (tertiary/aromatic N) is 2. The number of carbonyl (C=O) groups excluding carboxylic acids is 1. The maximum absolute atomic E-state index is 12.4. The first-order valence-electron chi connectivity index (χ1n) is 7.10. The van der Waals surface area contributed by atoms with Crippen LogP contribution in [0.5, 0.6) is 0 Å². The van der Waals surface area contributed by atoms with Crippen molar-refractivity contribution in [1.29, 1.82) is 0 Å². The topological polar surface area (TPSA) is 34.5 Å². The zero-order valence-electron chi connectivity index (χ0n) is 12.0. The lowest BCUT2D eigenvalue weighted by Gasteiger charge is -2.35. The van der Waals surface area contributed by atoms with Crippen LogP contribution < -0.4 is 0 Å². The summed E-state index contributed by atoms with van der Waals surface area (Å²) in [6, 6.07) is 10.2. The molecule has 1 amide bonds. The van der Waals surface area contributed by atoms with E-state index in [9.17, 15) is 4.79 Å². The van der Waals surface area contributed by atoms with E-state index in [1.54, 1.807) is 0 Å². The van der Waals surface area contributed by atoms with Gasteiger partial charge >= 0.3 is 0 Å². The highest BCUT2D eigenvalue weighted by atomic mass is 16.5. The third-order valence-corrected chi connectivity index (χ3v) is 3.76. The van der Waals surface area contributed by atoms with Crippen molar-refractivity contribution in [3.63, 3.8) is 0 Å². The van der Waals surface area contributed by atoms with Crippen LogP contribution in [0.1, 0.15) is 13.8 Å². The van der Waals surface area contributed by atoms with E-state index in [-0.39, 0.29) is 18.1 Å². The first-order chi connectivity index (χ1) is 9.63. The number of benzene rings is 1. The maximum Gasteiger partial charge on any atom is 0.242 e. The smallest absolute Gasteiger partial charge is 0.242 e. The zero-order chi connectivity index (χ0) is 14.1. The van der Waals surface area contributed by atoms with Gasteiger partial charge in [0.05, 0.1) is 12.2 Å². The van der Waals surface area contributed by atoms with Gasteiger partial charge in [0.1, 0.15) is 6.54 Å². The molecule has 0 spiro atoms. The summed E-state index contributed by atoms with van der Waals surface area (Å²) in [4.78, 5) is 14.4. The van der Waals surface area contributed by atoms with Crippen LogP contribution >= 0.6 is 0 Å². The summed E-state index contributed by atoms with van der Waals surface area (Å²) in [5, 5.41) is 1.17. The van der Waals surface area contributed by atoms with Crippen molar-refractivity contribution in [1.82, 2.24) is 9.47 Å². The number of ether oxygens (including phenoxy) is 1. The fourth-order valence-electron chi connectivity index (χ4n) is 2.91. The molecule has 2 heterocycles. The van der Waals surface area contributed by atoms with E-state index in [0.29, 0.717) is 19.6 Å². The Morgan fingerprint density at radius 3 is 2.65 bits per heavy atom. The van der Waals surface area contributed by atoms with E-state index in [1.807, 2.05) is 53.8 Å². The Balaban J connectivity index is 1.75. The van der Waals surface area contributed by atoms with Gasteiger partial charge in [-0.1, -0.05) is 18.2 Å². The number of hydrogen-bond donors (Lipinski definition) is 0. The van der Waals surface area contributed by atoms with Crippen LogP contribution in [0.2, 0.25) is 0 Å². The fourth-order valence-corrected chi connectivity index (χ4v) is 2.91. The molecule has 1 aliphatic rings. The monoisotopic (exact) mass is 272 g/mol. The lowest BCUT2D eigenvalue weighted by Crippen LogP contribution is -2.49. The quantitative estimate of drug-likeness (QED) is 0.840. The molecule has 3 rings (SSSR count). The minimum atomic E-state index is 0.115. The average molecular weight is 272 g/mol. The van der Waals surface area contributed by atoms with Crippen molar-refractivity contribution < 1.29 is 9.53 Å². The number of aromatic nitrogens is 1. The highest BCUT2D eigenvalue weighted by Gasteiger charge is 2.25. The number of fused-ring (bicyclic) bond motifs is 1. The molecular weight excluding hydrogens is 252 g/mol. The summed E-state index contributed by atoms with van der Waals surface area (Å²) < 4.78 is 7.69. The van der Waals surface area contributed by atoms with Gasteiger partial charge in [-0.15, -0.1) is 0 Å². The van der Waals surface area contributed by atoms with Crippen LogP contribution in [0.3, 0.4) is 0 Å². The summed E-state index contributed by atoms with van der Waals surface area (Å²) in [5.41, 5.74) is 1.11. The highest BCUT2D eigenvalue weighted by molar-refractivity contribution is 5.83. The molecule has 2 unspecified atom stereocenters. The molecule has 2 aromatic rings. The number of carbonyl (C=O) groups is 1. The van der Waals surface area contributed by atoms with Gasteiger partial charge < -0.3 is 14.2 Å². The first-order valence-corrected chi connectivity index (χ1v) is 7.10. The molecule has 0 N–H and O–H groups in total. The third kappa shape index (κ3) is 2.56. The Kier molecular flexibility index (Phi) is 3.49. The highest BCUT2D eigenvalue weighted by Crippen LogP contribution is 2.16. The molecule has 1 saturated heterocycles. The summed E-state index contributed by atoms with van der Waals surface area (Å²) in [5.74, 6) is 0.161. The zero-order valence-corrected chi connectivity index (χ0v) is 12.0. The van der Waals surface area contributed by atoms with Crippen LogP contribution in [0.15, 0.2) is 36.5 Å². The van der Waals surface area contributed by atoms with Crippen LogP contribution in [0, 0.1) is 0 Å². The largest absolute Gasteiger partial charge is 0.372 e. The number of para-hydroxylation sites is 1. The van der Waals surface area contributed by atoms with E-state index >= 15 is 0 Å². The predicted octanol–water partition coefficient (Wildman–Crippen LogP) is 2.28. The van der Waals surface area contributed by atoms with E-state index in [2.05, 4.69) is 6.07 Å². The lowest BCUT2D eigenvalue weighted by atomic mass is 10.2. The molecule has 1 aromatic heterocycles. The van der Waals surface area contributed by atoms with Crippen molar-refractivity contribution in [2.75, 3.05) is 13.1 Å². The van der Waals surface area contributed by atoms with Gasteiger partial charge in [0, 0.05) is 24.8 Å². The lowest BCUT2D eigenvalue weighted by molar-refractivity contribution is -0.143. The molecule has 4 heteroatoms. The molecule has 1 aromatic carbocycles. The molecule has 0 bridgehead atoms. The van der Waals surface area contributed by atoms with Crippen molar-refractivity contribution in [3.05, 3.63) is 36.5 Å². The second kappa shape index (κ2) is 5.29. The average Bonchev–Trinajstić information content (AvgIpc) is 2.81. The standard InChI is InChI=1S/C16H20N2O2/c1-12-9-18(10-13(2)20-12)16(19)11-17-8-7-14-5-3-4-6-15(14)17/h3-8,12-13H,9-11H2,1-2H3. The van der Waals surface area contributed by atoms with E-state index in [0.717, 1.165) is 5.52 Å². The summed E-state index contributed by atoms with van der Waals surface area (Å²) in [6.07, 6.45) is 2.21. The first kappa shape index (κ1) is 13.2. The Labute approximate surface area is 118 Å². The predicted molar refractivity (Wildman–Crippen MR) is 78.5 cm³/mol. The summed E-state index contributed by atoms with van der Waals surface area (Å²) in [7, 11) is 0. The van der Waals surface area contributed by atoms with Gasteiger partial charge in [-0.05, 0) is 31.4 Å². The van der Waals surface area contributed by atoms with Crippen LogP contribution in [-0.2, 0) is 16.1 Å². The Bertz CT molecular complexity index is 610. The number of morpholine rings is 1. The molecule has 0 aliphatic carbocycles. The van der Waals surface area contributed by atoms with E-state index in [1.165, 1.54) is 5.39 Å². The second-order valence-corrected chi connectivity index (χ2v) is 5.56. The molecule has 1 aliphatic heterocycles. The molecule has 106 valence electrons. The van der Waals surface area contributed by atoms with Crippen molar-refractivity contribution in [2.24, 2.45) is 0 Å². The third-order valence-electron chi connectivity index (χ3n) is 3.76.